The van der Waals surface area contributed by atoms with Crippen LogP contribution in [0.2, 0.25) is 0 Å². The molecule has 188 valence electrons. The van der Waals surface area contributed by atoms with Crippen LogP contribution in [-0.2, 0) is 16.1 Å². The Kier molecular flexibility index (Phi) is 9.10. The first kappa shape index (κ1) is 26.8. The second kappa shape index (κ2) is 12.2. The van der Waals surface area contributed by atoms with E-state index in [1.54, 1.807) is 11.8 Å². The maximum absolute atomic E-state index is 12.9. The second-order valence-electron chi connectivity index (χ2n) is 8.51. The first-order valence-corrected chi connectivity index (χ1v) is 12.1. The number of carbonyl (C=O) groups is 3. The highest BCUT2D eigenvalue weighted by Crippen LogP contribution is 2.49. The van der Waals surface area contributed by atoms with E-state index in [0.29, 0.717) is 12.1 Å². The van der Waals surface area contributed by atoms with Crippen molar-refractivity contribution in [1.82, 2.24) is 10.2 Å². The summed E-state index contributed by atoms with van der Waals surface area (Å²) in [5, 5.41) is 17.8. The van der Waals surface area contributed by atoms with Crippen molar-refractivity contribution in [3.63, 3.8) is 0 Å². The molecule has 0 aromatic heterocycles. The molecule has 0 aliphatic carbocycles. The van der Waals surface area contributed by atoms with Gasteiger partial charge < -0.3 is 25.3 Å². The van der Waals surface area contributed by atoms with Crippen molar-refractivity contribution >= 4 is 41.0 Å². The van der Waals surface area contributed by atoms with Gasteiger partial charge in [-0.25, -0.2) is 9.59 Å². The van der Waals surface area contributed by atoms with Crippen LogP contribution in [0, 0.1) is 0 Å². The lowest BCUT2D eigenvalue weighted by atomic mass is 10.1. The highest BCUT2D eigenvalue weighted by atomic mass is 32.2. The molecule has 9 heteroatoms. The van der Waals surface area contributed by atoms with Crippen molar-refractivity contribution in [2.75, 3.05) is 25.5 Å². The Morgan fingerprint density at radius 2 is 1.50 bits per heavy atom. The number of hydrogen-bond acceptors (Lipinski definition) is 6. The molecule has 1 amide bonds. The zero-order chi connectivity index (χ0) is 26.2. The van der Waals surface area contributed by atoms with E-state index in [0.717, 1.165) is 17.8 Å². The number of carboxylic acids is 2. The number of anilines is 2. The monoisotopic (exact) mass is 507 g/mol. The Bertz CT molecular complexity index is 1220. The van der Waals surface area contributed by atoms with Crippen LogP contribution in [0.1, 0.15) is 22.8 Å². The molecule has 4 rings (SSSR count). The van der Waals surface area contributed by atoms with Gasteiger partial charge in [-0.2, -0.15) is 0 Å². The lowest BCUT2D eigenvalue weighted by Gasteiger charge is -2.38. The summed E-state index contributed by atoms with van der Waals surface area (Å²) in [5.41, 5.74) is 4.08. The molecule has 0 saturated carbocycles. The fourth-order valence-corrected chi connectivity index (χ4v) is 4.94. The predicted molar refractivity (Wildman–Crippen MR) is 140 cm³/mol. The minimum absolute atomic E-state index is 0.0503. The maximum atomic E-state index is 12.9. The minimum Gasteiger partial charge on any atom is -0.473 e. The smallest absolute Gasteiger partial charge is 0.414 e. The largest absolute Gasteiger partial charge is 0.473 e. The zero-order valence-corrected chi connectivity index (χ0v) is 21.2. The van der Waals surface area contributed by atoms with Gasteiger partial charge in [0.25, 0.3) is 5.91 Å². The number of nitrogens with one attached hydrogen (secondary N) is 1. The number of carboxylic acid groups (broad SMARTS) is 2. The fraction of sp³-hybridized carbons (Fsp3) is 0.222. The third-order valence-corrected chi connectivity index (χ3v) is 6.50. The molecular formula is C27H29N3O5S. The Hall–Kier alpha value is -3.82. The number of amides is 1. The summed E-state index contributed by atoms with van der Waals surface area (Å²) >= 11 is 1.77. The molecule has 0 saturated heterocycles. The maximum Gasteiger partial charge on any atom is 0.414 e. The summed E-state index contributed by atoms with van der Waals surface area (Å²) in [6.07, 6.45) is 0. The molecule has 8 nitrogen and oxygen atoms in total. The molecule has 0 spiro atoms. The normalized spacial score (nSPS) is 12.5. The average molecular weight is 508 g/mol. The summed E-state index contributed by atoms with van der Waals surface area (Å²) in [5.74, 6) is -3.70. The molecule has 1 atom stereocenters. The number of benzene rings is 3. The zero-order valence-electron chi connectivity index (χ0n) is 20.3. The summed E-state index contributed by atoms with van der Waals surface area (Å²) < 4.78 is 0. The quantitative estimate of drug-likeness (QED) is 0.423. The van der Waals surface area contributed by atoms with E-state index < -0.39 is 11.9 Å². The van der Waals surface area contributed by atoms with Crippen molar-refractivity contribution in [3.8, 4) is 0 Å². The number of carbonyl (C=O) groups excluding carboxylic acids is 1. The van der Waals surface area contributed by atoms with Gasteiger partial charge in [0.05, 0.1) is 11.4 Å². The number of rotatable bonds is 6. The van der Waals surface area contributed by atoms with Crippen molar-refractivity contribution in [3.05, 3.63) is 83.9 Å². The number of likely N-dealkylation sites (N-methyl/N-ethyl adjacent to an activating group) is 1. The Morgan fingerprint density at radius 3 is 2.14 bits per heavy atom. The van der Waals surface area contributed by atoms with Crippen molar-refractivity contribution in [2.45, 2.75) is 29.3 Å². The van der Waals surface area contributed by atoms with Crippen LogP contribution >= 0.6 is 11.8 Å². The van der Waals surface area contributed by atoms with E-state index in [2.05, 4.69) is 66.5 Å². The summed E-state index contributed by atoms with van der Waals surface area (Å²) in [7, 11) is 4.19. The van der Waals surface area contributed by atoms with E-state index >= 15 is 0 Å². The first-order chi connectivity index (χ1) is 17.2. The summed E-state index contributed by atoms with van der Waals surface area (Å²) in [4.78, 5) is 38.1. The number of nitrogens with zero attached hydrogens (tertiary/aromatic N) is 2. The standard InChI is InChI=1S/C25H27N3OS.C2H2O4/c1-18(17-27(2)3)28-21-11-7-8-12-23(21)30-24-14-13-20(15-22(24)28)25(29)26-16-19-9-5-4-6-10-19;3-1(4)2(5)6/h4-15,18H,16-17H2,1-3H3,(H,26,29);(H,3,4)(H,5,6). The molecule has 36 heavy (non-hydrogen) atoms. The second-order valence-corrected chi connectivity index (χ2v) is 9.60. The van der Waals surface area contributed by atoms with Gasteiger partial charge in [-0.3, -0.25) is 4.79 Å². The fourth-order valence-electron chi connectivity index (χ4n) is 3.89. The molecule has 1 aliphatic heterocycles. The van der Waals surface area contributed by atoms with Gasteiger partial charge in [0.15, 0.2) is 0 Å². The molecule has 3 aromatic rings. The van der Waals surface area contributed by atoms with E-state index in [1.807, 2.05) is 42.5 Å². The van der Waals surface area contributed by atoms with Crippen molar-refractivity contribution < 1.29 is 24.6 Å². The van der Waals surface area contributed by atoms with E-state index in [-0.39, 0.29) is 11.9 Å². The lowest BCUT2D eigenvalue weighted by molar-refractivity contribution is -0.159. The van der Waals surface area contributed by atoms with Crippen LogP contribution in [0.5, 0.6) is 0 Å². The third kappa shape index (κ3) is 6.87. The number of hydrogen-bond donors (Lipinski definition) is 3. The van der Waals surface area contributed by atoms with Gasteiger partial charge in [0, 0.05) is 34.5 Å². The third-order valence-electron chi connectivity index (χ3n) is 5.37. The highest BCUT2D eigenvalue weighted by molar-refractivity contribution is 7.99. The summed E-state index contributed by atoms with van der Waals surface area (Å²) in [6.45, 7) is 3.68. The number of aliphatic carboxylic acids is 2. The van der Waals surface area contributed by atoms with Crippen LogP contribution in [0.25, 0.3) is 0 Å². The SMILES string of the molecule is CC(CN(C)C)N1c2ccccc2Sc2ccc(C(=O)NCc3ccccc3)cc21.O=C(O)C(=O)O. The van der Waals surface area contributed by atoms with Crippen LogP contribution in [0.15, 0.2) is 82.6 Å². The van der Waals surface area contributed by atoms with Crippen LogP contribution < -0.4 is 10.2 Å². The molecule has 1 aliphatic rings. The van der Waals surface area contributed by atoms with Gasteiger partial charge in [-0.05, 0) is 56.9 Å². The summed E-state index contributed by atoms with van der Waals surface area (Å²) in [6, 6.07) is 24.8. The molecule has 1 heterocycles. The molecule has 0 bridgehead atoms. The molecule has 1 unspecified atom stereocenters. The number of para-hydroxylation sites is 1. The topological polar surface area (TPSA) is 110 Å². The highest BCUT2D eigenvalue weighted by Gasteiger charge is 2.28. The Morgan fingerprint density at radius 1 is 0.889 bits per heavy atom. The van der Waals surface area contributed by atoms with Gasteiger partial charge in [-0.15, -0.1) is 0 Å². The molecular weight excluding hydrogens is 478 g/mol. The van der Waals surface area contributed by atoms with Crippen molar-refractivity contribution in [1.29, 1.82) is 0 Å². The average Bonchev–Trinajstić information content (AvgIpc) is 2.86. The van der Waals surface area contributed by atoms with Gasteiger partial charge in [0.1, 0.15) is 0 Å². The van der Waals surface area contributed by atoms with Gasteiger partial charge in [-0.1, -0.05) is 54.2 Å². The Balaban J connectivity index is 0.000000538. The molecule has 0 radical (unpaired) electrons. The van der Waals surface area contributed by atoms with Gasteiger partial charge in [0.2, 0.25) is 0 Å². The molecule has 0 fully saturated rings. The Labute approximate surface area is 214 Å². The van der Waals surface area contributed by atoms with E-state index in [1.165, 1.54) is 15.5 Å². The number of fused-ring (bicyclic) bond motifs is 2. The van der Waals surface area contributed by atoms with Crippen LogP contribution in [0.4, 0.5) is 11.4 Å². The lowest BCUT2D eigenvalue weighted by Crippen LogP contribution is -2.38. The van der Waals surface area contributed by atoms with Gasteiger partial charge >= 0.3 is 11.9 Å². The predicted octanol–water partition coefficient (Wildman–Crippen LogP) is 4.33. The van der Waals surface area contributed by atoms with Crippen LogP contribution in [-0.4, -0.2) is 59.6 Å². The van der Waals surface area contributed by atoms with Crippen molar-refractivity contribution in [2.24, 2.45) is 0 Å². The molecule has 3 aromatic carbocycles. The molecule has 3 N–H and O–H groups in total. The minimum atomic E-state index is -1.82. The first-order valence-electron chi connectivity index (χ1n) is 11.3. The van der Waals surface area contributed by atoms with E-state index in [4.69, 9.17) is 19.8 Å². The van der Waals surface area contributed by atoms with Crippen LogP contribution in [0.3, 0.4) is 0 Å². The van der Waals surface area contributed by atoms with E-state index in [9.17, 15) is 4.79 Å².